The van der Waals surface area contributed by atoms with E-state index in [-0.39, 0.29) is 6.04 Å². The molecule has 19 heavy (non-hydrogen) atoms. The fraction of sp³-hybridized carbons (Fsp3) is 0.467. The highest BCUT2D eigenvalue weighted by Gasteiger charge is 2.15. The fourth-order valence-corrected chi connectivity index (χ4v) is 2.31. The van der Waals surface area contributed by atoms with Crippen LogP contribution in [0.5, 0.6) is 0 Å². The number of nitrogens with one attached hydrogen (secondary N) is 1. The molecular weight excluding hydrogens is 236 g/mol. The third-order valence-electron chi connectivity index (χ3n) is 3.32. The largest absolute Gasteiger partial charge is 0.313 e. The number of benzene rings is 1. The average molecular weight is 258 g/mol. The molecule has 1 aromatic carbocycles. The molecule has 2 rings (SSSR count). The Kier molecular flexibility index (Phi) is 4.32. The van der Waals surface area contributed by atoms with Crippen LogP contribution in [0.3, 0.4) is 0 Å². The third-order valence-corrected chi connectivity index (χ3v) is 3.32. The zero-order chi connectivity index (χ0) is 13.8. The minimum Gasteiger partial charge on any atom is -0.313 e. The van der Waals surface area contributed by atoms with Gasteiger partial charge in [-0.2, -0.15) is 5.10 Å². The summed E-state index contributed by atoms with van der Waals surface area (Å²) in [5, 5.41) is 7.66. The second-order valence-corrected chi connectivity index (χ2v) is 5.17. The van der Waals surface area contributed by atoms with Gasteiger partial charge < -0.3 is 5.32 Å². The van der Waals surface area contributed by atoms with Gasteiger partial charge in [0.05, 0.1) is 0 Å². The highest BCUT2D eigenvalue weighted by molar-refractivity contribution is 5.25. The summed E-state index contributed by atoms with van der Waals surface area (Å²) in [6.45, 7) is 6.37. The standard InChI is InChI=1S/C15H22N4/c1-11(2)19-15(17-10-18-19)9-14(16-4)13-7-5-6-12(3)8-13/h5-8,10-11,14,16H,9H2,1-4H3. The molecule has 0 fully saturated rings. The molecule has 0 aliphatic rings. The number of likely N-dealkylation sites (N-methyl/N-ethyl adjacent to an activating group) is 1. The van der Waals surface area contributed by atoms with Crippen LogP contribution in [0.1, 0.15) is 42.9 Å². The fourth-order valence-electron chi connectivity index (χ4n) is 2.31. The lowest BCUT2D eigenvalue weighted by Gasteiger charge is -2.18. The molecule has 1 heterocycles. The number of hydrogen-bond donors (Lipinski definition) is 1. The molecular formula is C15H22N4. The maximum atomic E-state index is 4.38. The van der Waals surface area contributed by atoms with Gasteiger partial charge in [-0.15, -0.1) is 0 Å². The maximum absolute atomic E-state index is 4.38. The number of aromatic nitrogens is 3. The molecule has 4 heteroatoms. The van der Waals surface area contributed by atoms with E-state index in [1.807, 2.05) is 11.7 Å². The summed E-state index contributed by atoms with van der Waals surface area (Å²) >= 11 is 0. The van der Waals surface area contributed by atoms with Crippen molar-refractivity contribution < 1.29 is 0 Å². The topological polar surface area (TPSA) is 42.7 Å². The van der Waals surface area contributed by atoms with Crippen molar-refractivity contribution in [3.63, 3.8) is 0 Å². The average Bonchev–Trinajstić information content (AvgIpc) is 2.84. The lowest BCUT2D eigenvalue weighted by molar-refractivity contribution is 0.478. The number of aryl methyl sites for hydroxylation is 1. The molecule has 0 bridgehead atoms. The van der Waals surface area contributed by atoms with Gasteiger partial charge in [0.2, 0.25) is 0 Å². The zero-order valence-electron chi connectivity index (χ0n) is 12.1. The summed E-state index contributed by atoms with van der Waals surface area (Å²) in [7, 11) is 1.99. The first-order valence-corrected chi connectivity index (χ1v) is 6.74. The summed E-state index contributed by atoms with van der Waals surface area (Å²) in [5.41, 5.74) is 2.57. The van der Waals surface area contributed by atoms with Gasteiger partial charge in [-0.3, -0.25) is 0 Å². The molecule has 0 aliphatic heterocycles. The van der Waals surface area contributed by atoms with Crippen molar-refractivity contribution in [1.29, 1.82) is 0 Å². The van der Waals surface area contributed by atoms with Gasteiger partial charge in [0.25, 0.3) is 0 Å². The molecule has 0 spiro atoms. The highest BCUT2D eigenvalue weighted by Crippen LogP contribution is 2.19. The van der Waals surface area contributed by atoms with Crippen LogP contribution < -0.4 is 5.32 Å². The minimum absolute atomic E-state index is 0.265. The van der Waals surface area contributed by atoms with Crippen LogP contribution in [0, 0.1) is 6.92 Å². The summed E-state index contributed by atoms with van der Waals surface area (Å²) in [5.74, 6) is 1.02. The molecule has 0 saturated carbocycles. The molecule has 1 atom stereocenters. The van der Waals surface area contributed by atoms with Gasteiger partial charge in [0.1, 0.15) is 12.2 Å². The van der Waals surface area contributed by atoms with Gasteiger partial charge >= 0.3 is 0 Å². The van der Waals surface area contributed by atoms with Crippen LogP contribution in [-0.4, -0.2) is 21.8 Å². The Morgan fingerprint density at radius 2 is 2.11 bits per heavy atom. The number of hydrogen-bond acceptors (Lipinski definition) is 3. The summed E-state index contributed by atoms with van der Waals surface area (Å²) in [6, 6.07) is 9.20. The Labute approximate surface area is 114 Å². The van der Waals surface area contributed by atoms with Crippen molar-refractivity contribution in [1.82, 2.24) is 20.1 Å². The van der Waals surface area contributed by atoms with Crippen LogP contribution in [0.15, 0.2) is 30.6 Å². The first kappa shape index (κ1) is 13.7. The summed E-state index contributed by atoms with van der Waals surface area (Å²) in [4.78, 5) is 4.38. The number of rotatable bonds is 5. The van der Waals surface area contributed by atoms with Crippen LogP contribution in [0.4, 0.5) is 0 Å². The molecule has 0 radical (unpaired) electrons. The van der Waals surface area contributed by atoms with E-state index in [1.165, 1.54) is 11.1 Å². The normalized spacial score (nSPS) is 12.9. The van der Waals surface area contributed by atoms with E-state index in [0.717, 1.165) is 12.2 Å². The Hall–Kier alpha value is -1.68. The molecule has 0 amide bonds. The number of nitrogens with zero attached hydrogens (tertiary/aromatic N) is 3. The van der Waals surface area contributed by atoms with Crippen molar-refractivity contribution in [3.05, 3.63) is 47.5 Å². The lowest BCUT2D eigenvalue weighted by atomic mass is 10.0. The smallest absolute Gasteiger partial charge is 0.138 e. The van der Waals surface area contributed by atoms with E-state index in [9.17, 15) is 0 Å². The highest BCUT2D eigenvalue weighted by atomic mass is 15.3. The Bertz CT molecular complexity index is 530. The van der Waals surface area contributed by atoms with Crippen LogP contribution >= 0.6 is 0 Å². The summed E-state index contributed by atoms with van der Waals surface area (Å²) < 4.78 is 1.99. The van der Waals surface area contributed by atoms with Crippen LogP contribution in [0.25, 0.3) is 0 Å². The van der Waals surface area contributed by atoms with E-state index >= 15 is 0 Å². The van der Waals surface area contributed by atoms with E-state index in [4.69, 9.17) is 0 Å². The zero-order valence-corrected chi connectivity index (χ0v) is 12.1. The molecule has 1 aromatic heterocycles. The second kappa shape index (κ2) is 5.97. The Balaban J connectivity index is 2.22. The van der Waals surface area contributed by atoms with Crippen molar-refractivity contribution in [3.8, 4) is 0 Å². The molecule has 1 unspecified atom stereocenters. The Morgan fingerprint density at radius 3 is 2.74 bits per heavy atom. The first-order valence-electron chi connectivity index (χ1n) is 6.74. The predicted octanol–water partition coefficient (Wildman–Crippen LogP) is 2.67. The quantitative estimate of drug-likeness (QED) is 0.896. The van der Waals surface area contributed by atoms with Crippen molar-refractivity contribution in [2.24, 2.45) is 0 Å². The molecule has 4 nitrogen and oxygen atoms in total. The van der Waals surface area contributed by atoms with Gasteiger partial charge in [-0.25, -0.2) is 9.67 Å². The molecule has 2 aromatic rings. The molecule has 0 aliphatic carbocycles. The third kappa shape index (κ3) is 3.20. The molecule has 102 valence electrons. The van der Waals surface area contributed by atoms with Gasteiger partial charge in [-0.1, -0.05) is 29.8 Å². The van der Waals surface area contributed by atoms with Gasteiger partial charge in [0, 0.05) is 18.5 Å². The predicted molar refractivity (Wildman–Crippen MR) is 77.1 cm³/mol. The Morgan fingerprint density at radius 1 is 1.32 bits per heavy atom. The van der Waals surface area contributed by atoms with E-state index in [2.05, 4.69) is 60.4 Å². The van der Waals surface area contributed by atoms with Crippen molar-refractivity contribution >= 4 is 0 Å². The van der Waals surface area contributed by atoms with E-state index in [0.29, 0.717) is 6.04 Å². The van der Waals surface area contributed by atoms with Crippen LogP contribution in [0.2, 0.25) is 0 Å². The molecule has 0 saturated heterocycles. The lowest BCUT2D eigenvalue weighted by Crippen LogP contribution is -2.21. The first-order chi connectivity index (χ1) is 9.11. The van der Waals surface area contributed by atoms with Crippen molar-refractivity contribution in [2.45, 2.75) is 39.3 Å². The SMILES string of the molecule is CNC(Cc1ncnn1C(C)C)c1cccc(C)c1. The summed E-state index contributed by atoms with van der Waals surface area (Å²) in [6.07, 6.45) is 2.48. The molecule has 1 N–H and O–H groups in total. The maximum Gasteiger partial charge on any atom is 0.138 e. The van der Waals surface area contributed by atoms with Crippen LogP contribution in [-0.2, 0) is 6.42 Å². The minimum atomic E-state index is 0.265. The van der Waals surface area contributed by atoms with Gasteiger partial charge in [0.15, 0.2) is 0 Å². The van der Waals surface area contributed by atoms with E-state index < -0.39 is 0 Å². The van der Waals surface area contributed by atoms with Crippen molar-refractivity contribution in [2.75, 3.05) is 7.05 Å². The van der Waals surface area contributed by atoms with E-state index in [1.54, 1.807) is 6.33 Å². The van der Waals surface area contributed by atoms with Gasteiger partial charge in [-0.05, 0) is 33.4 Å². The second-order valence-electron chi connectivity index (χ2n) is 5.17. The monoisotopic (exact) mass is 258 g/mol.